The van der Waals surface area contributed by atoms with Crippen molar-refractivity contribution in [3.63, 3.8) is 0 Å². The average molecular weight is 207 g/mol. The number of phenolic OH excluding ortho intramolecular Hbond substituents is 2. The Morgan fingerprint density at radius 1 is 1.29 bits per heavy atom. The van der Waals surface area contributed by atoms with Crippen LogP contribution in [0.1, 0.15) is 0 Å². The van der Waals surface area contributed by atoms with Crippen LogP contribution < -0.4 is 0 Å². The first-order chi connectivity index (χ1) is 6.74. The topological polar surface area (TPSA) is 53.4 Å². The molecule has 0 aliphatic heterocycles. The van der Waals surface area contributed by atoms with Crippen molar-refractivity contribution in [2.75, 3.05) is 6.26 Å². The summed E-state index contributed by atoms with van der Waals surface area (Å²) in [5, 5.41) is 20.5. The molecule has 1 heterocycles. The zero-order valence-electron chi connectivity index (χ0n) is 7.56. The second-order valence-electron chi connectivity index (χ2n) is 2.87. The molecule has 0 aliphatic rings. The first-order valence-corrected chi connectivity index (χ1v) is 5.29. The number of aromatic hydroxyl groups is 2. The van der Waals surface area contributed by atoms with E-state index in [4.69, 9.17) is 0 Å². The van der Waals surface area contributed by atoms with Gasteiger partial charge >= 0.3 is 0 Å². The molecule has 1 aromatic heterocycles. The molecule has 1 aromatic carbocycles. The third kappa shape index (κ3) is 1.28. The summed E-state index contributed by atoms with van der Waals surface area (Å²) in [6, 6.07) is 3.38. The molecule has 0 saturated carbocycles. The van der Waals surface area contributed by atoms with Crippen LogP contribution in [-0.2, 0) is 0 Å². The van der Waals surface area contributed by atoms with Gasteiger partial charge in [-0.05, 0) is 18.4 Å². The van der Waals surface area contributed by atoms with Crippen molar-refractivity contribution in [3.8, 4) is 11.5 Å². The summed E-state index contributed by atoms with van der Waals surface area (Å²) in [5.74, 6) is -0.208. The number of aromatic nitrogens is 1. The molecule has 0 aliphatic carbocycles. The van der Waals surface area contributed by atoms with E-state index in [1.165, 1.54) is 11.8 Å². The van der Waals surface area contributed by atoms with Crippen LogP contribution in [0.25, 0.3) is 10.8 Å². The largest absolute Gasteiger partial charge is 0.504 e. The Kier molecular flexibility index (Phi) is 2.21. The van der Waals surface area contributed by atoms with Crippen molar-refractivity contribution >= 4 is 22.5 Å². The van der Waals surface area contributed by atoms with Crippen molar-refractivity contribution < 1.29 is 10.2 Å². The van der Waals surface area contributed by atoms with E-state index < -0.39 is 0 Å². The number of nitrogens with zero attached hydrogens (tertiary/aromatic N) is 1. The van der Waals surface area contributed by atoms with Gasteiger partial charge in [-0.2, -0.15) is 0 Å². The van der Waals surface area contributed by atoms with Crippen LogP contribution in [0.15, 0.2) is 29.4 Å². The van der Waals surface area contributed by atoms with Crippen molar-refractivity contribution in [2.24, 2.45) is 0 Å². The van der Waals surface area contributed by atoms with Crippen LogP contribution in [0.5, 0.6) is 11.5 Å². The normalized spacial score (nSPS) is 10.6. The van der Waals surface area contributed by atoms with Gasteiger partial charge in [0, 0.05) is 28.1 Å². The number of hydrogen-bond acceptors (Lipinski definition) is 4. The Hall–Kier alpha value is -1.42. The molecule has 0 radical (unpaired) electrons. The highest BCUT2D eigenvalue weighted by Crippen LogP contribution is 2.38. The van der Waals surface area contributed by atoms with Gasteiger partial charge in [0.1, 0.15) is 0 Å². The lowest BCUT2D eigenvalue weighted by Crippen LogP contribution is -1.81. The highest BCUT2D eigenvalue weighted by atomic mass is 32.2. The summed E-state index contributed by atoms with van der Waals surface area (Å²) in [7, 11) is 0. The number of pyridine rings is 1. The highest BCUT2D eigenvalue weighted by Gasteiger charge is 2.09. The maximum atomic E-state index is 9.58. The molecule has 0 unspecified atom stereocenters. The van der Waals surface area contributed by atoms with E-state index in [9.17, 15) is 10.2 Å². The molecule has 0 amide bonds. The summed E-state index contributed by atoms with van der Waals surface area (Å²) >= 11 is 1.52. The van der Waals surface area contributed by atoms with Gasteiger partial charge in [0.15, 0.2) is 11.5 Å². The molecule has 3 nitrogen and oxygen atoms in total. The van der Waals surface area contributed by atoms with Crippen molar-refractivity contribution in [3.05, 3.63) is 24.5 Å². The maximum Gasteiger partial charge on any atom is 0.167 e. The van der Waals surface area contributed by atoms with E-state index in [-0.39, 0.29) is 11.5 Å². The first kappa shape index (κ1) is 9.15. The van der Waals surface area contributed by atoms with E-state index >= 15 is 0 Å². The Bertz CT molecular complexity index is 485. The summed E-state index contributed by atoms with van der Waals surface area (Å²) in [6.07, 6.45) is 5.13. The zero-order valence-corrected chi connectivity index (χ0v) is 8.38. The van der Waals surface area contributed by atoms with Crippen molar-refractivity contribution in [1.82, 2.24) is 4.98 Å². The third-order valence-corrected chi connectivity index (χ3v) is 2.85. The first-order valence-electron chi connectivity index (χ1n) is 4.06. The summed E-state index contributed by atoms with van der Waals surface area (Å²) < 4.78 is 0. The predicted molar refractivity (Wildman–Crippen MR) is 56.9 cm³/mol. The minimum Gasteiger partial charge on any atom is -0.504 e. The fraction of sp³-hybridized carbons (Fsp3) is 0.100. The van der Waals surface area contributed by atoms with Gasteiger partial charge in [0.25, 0.3) is 0 Å². The highest BCUT2D eigenvalue weighted by molar-refractivity contribution is 7.98. The Morgan fingerprint density at radius 3 is 2.79 bits per heavy atom. The SMILES string of the molecule is CSc1cc(O)c(O)c2cnccc12. The average Bonchev–Trinajstić information content (AvgIpc) is 2.23. The molecule has 4 heteroatoms. The molecular weight excluding hydrogens is 198 g/mol. The number of benzene rings is 1. The molecule has 2 aromatic rings. The molecule has 2 rings (SSSR count). The summed E-state index contributed by atoms with van der Waals surface area (Å²) in [4.78, 5) is 4.84. The number of fused-ring (bicyclic) bond motifs is 1. The molecule has 0 bridgehead atoms. The molecular formula is C10H9NO2S. The summed E-state index contributed by atoms with van der Waals surface area (Å²) in [6.45, 7) is 0. The van der Waals surface area contributed by atoms with Crippen LogP contribution in [0, 0.1) is 0 Å². The minimum atomic E-state index is -0.106. The quantitative estimate of drug-likeness (QED) is 0.556. The van der Waals surface area contributed by atoms with Gasteiger partial charge in [-0.25, -0.2) is 0 Å². The second kappa shape index (κ2) is 3.38. The Balaban J connectivity index is 2.89. The molecule has 0 spiro atoms. The lowest BCUT2D eigenvalue weighted by molar-refractivity contribution is 0.407. The standard InChI is InChI=1S/C10H9NO2S/c1-14-9-4-8(12)10(13)7-5-11-3-2-6(7)9/h2-5,12-13H,1H3. The molecule has 14 heavy (non-hydrogen) atoms. The molecule has 2 N–H and O–H groups in total. The van der Waals surface area contributed by atoms with Gasteiger partial charge in [-0.15, -0.1) is 11.8 Å². The van der Waals surface area contributed by atoms with Gasteiger partial charge in [0.05, 0.1) is 0 Å². The number of phenols is 2. The van der Waals surface area contributed by atoms with Crippen LogP contribution >= 0.6 is 11.8 Å². The zero-order chi connectivity index (χ0) is 10.1. The molecule has 0 saturated heterocycles. The van der Waals surface area contributed by atoms with Gasteiger partial charge < -0.3 is 10.2 Å². The van der Waals surface area contributed by atoms with Gasteiger partial charge in [-0.3, -0.25) is 4.98 Å². The third-order valence-electron chi connectivity index (χ3n) is 2.07. The summed E-state index contributed by atoms with van der Waals surface area (Å²) in [5.41, 5.74) is 0. The lowest BCUT2D eigenvalue weighted by atomic mass is 10.1. The van der Waals surface area contributed by atoms with Gasteiger partial charge in [0.2, 0.25) is 0 Å². The molecule has 0 atom stereocenters. The van der Waals surface area contributed by atoms with E-state index in [1.807, 2.05) is 12.3 Å². The number of hydrogen-bond donors (Lipinski definition) is 2. The number of rotatable bonds is 1. The predicted octanol–water partition coefficient (Wildman–Crippen LogP) is 2.37. The van der Waals surface area contributed by atoms with Crippen molar-refractivity contribution in [1.29, 1.82) is 0 Å². The van der Waals surface area contributed by atoms with Crippen LogP contribution in [-0.4, -0.2) is 21.5 Å². The van der Waals surface area contributed by atoms with Crippen LogP contribution in [0.4, 0.5) is 0 Å². The second-order valence-corrected chi connectivity index (χ2v) is 3.72. The van der Waals surface area contributed by atoms with E-state index in [1.54, 1.807) is 18.5 Å². The van der Waals surface area contributed by atoms with E-state index in [0.717, 1.165) is 10.3 Å². The van der Waals surface area contributed by atoms with Gasteiger partial charge in [-0.1, -0.05) is 0 Å². The fourth-order valence-corrected chi connectivity index (χ4v) is 2.00. The smallest absolute Gasteiger partial charge is 0.167 e. The van der Waals surface area contributed by atoms with Crippen LogP contribution in [0.3, 0.4) is 0 Å². The Morgan fingerprint density at radius 2 is 2.07 bits per heavy atom. The molecule has 72 valence electrons. The monoisotopic (exact) mass is 207 g/mol. The fourth-order valence-electron chi connectivity index (χ4n) is 1.38. The lowest BCUT2D eigenvalue weighted by Gasteiger charge is -2.06. The maximum absolute atomic E-state index is 9.58. The van der Waals surface area contributed by atoms with E-state index in [0.29, 0.717) is 5.39 Å². The minimum absolute atomic E-state index is 0.102. The number of thioether (sulfide) groups is 1. The van der Waals surface area contributed by atoms with Crippen molar-refractivity contribution in [2.45, 2.75) is 4.90 Å². The molecule has 0 fully saturated rings. The Labute approximate surface area is 85.4 Å². The van der Waals surface area contributed by atoms with E-state index in [2.05, 4.69) is 4.98 Å². The van der Waals surface area contributed by atoms with Crippen LogP contribution in [0.2, 0.25) is 0 Å².